The van der Waals surface area contributed by atoms with E-state index < -0.39 is 0 Å². The fourth-order valence-corrected chi connectivity index (χ4v) is 2.07. The van der Waals surface area contributed by atoms with Crippen LogP contribution in [-0.2, 0) is 4.79 Å². The van der Waals surface area contributed by atoms with E-state index in [1.807, 2.05) is 38.1 Å². The lowest BCUT2D eigenvalue weighted by Crippen LogP contribution is -2.26. The van der Waals surface area contributed by atoms with Crippen molar-refractivity contribution in [2.24, 2.45) is 0 Å². The summed E-state index contributed by atoms with van der Waals surface area (Å²) in [6.07, 6.45) is 1.48. The van der Waals surface area contributed by atoms with E-state index in [1.165, 1.54) is 0 Å². The number of hydrogen-bond donors (Lipinski definition) is 1. The van der Waals surface area contributed by atoms with Gasteiger partial charge >= 0.3 is 0 Å². The number of rotatable bonds is 4. The average molecular weight is 270 g/mol. The van der Waals surface area contributed by atoms with E-state index in [-0.39, 0.29) is 11.9 Å². The zero-order valence-electron chi connectivity index (χ0n) is 9.09. The molecule has 2 nitrogen and oxygen atoms in total. The average Bonchev–Trinajstić information content (AvgIpc) is 2.18. The van der Waals surface area contributed by atoms with Crippen molar-refractivity contribution >= 4 is 21.8 Å². The minimum atomic E-state index is 0.0552. The zero-order valence-corrected chi connectivity index (χ0v) is 10.7. The summed E-state index contributed by atoms with van der Waals surface area (Å²) in [7, 11) is 0. The molecule has 0 bridgehead atoms. The normalized spacial score (nSPS) is 12.2. The third kappa shape index (κ3) is 3.67. The van der Waals surface area contributed by atoms with Gasteiger partial charge in [0.05, 0.1) is 6.04 Å². The molecule has 1 aromatic rings. The Morgan fingerprint density at radius 2 is 2.13 bits per heavy atom. The molecule has 82 valence electrons. The smallest absolute Gasteiger partial charge is 0.220 e. The minimum absolute atomic E-state index is 0.0552. The molecule has 15 heavy (non-hydrogen) atoms. The van der Waals surface area contributed by atoms with Crippen LogP contribution >= 0.6 is 15.9 Å². The van der Waals surface area contributed by atoms with Crippen molar-refractivity contribution in [3.63, 3.8) is 0 Å². The third-order valence-corrected chi connectivity index (χ3v) is 2.95. The predicted octanol–water partition coefficient (Wildman–Crippen LogP) is 3.43. The molecule has 0 aromatic heterocycles. The number of benzene rings is 1. The summed E-state index contributed by atoms with van der Waals surface area (Å²) in [5, 5.41) is 2.97. The van der Waals surface area contributed by atoms with Gasteiger partial charge in [0.25, 0.3) is 0 Å². The van der Waals surface area contributed by atoms with E-state index >= 15 is 0 Å². The highest BCUT2D eigenvalue weighted by atomic mass is 79.9. The van der Waals surface area contributed by atoms with Crippen LogP contribution in [0.15, 0.2) is 28.7 Å². The lowest BCUT2D eigenvalue weighted by Gasteiger charge is -2.15. The van der Waals surface area contributed by atoms with Crippen molar-refractivity contribution in [1.82, 2.24) is 5.32 Å². The number of nitrogens with one attached hydrogen (secondary N) is 1. The van der Waals surface area contributed by atoms with Gasteiger partial charge in [-0.15, -0.1) is 0 Å². The maximum atomic E-state index is 11.4. The Balaban J connectivity index is 2.65. The maximum Gasteiger partial charge on any atom is 0.220 e. The van der Waals surface area contributed by atoms with E-state index in [4.69, 9.17) is 0 Å². The number of carbonyl (C=O) groups excluding carboxylic acids is 1. The molecule has 1 rings (SSSR count). The molecule has 1 aromatic carbocycles. The van der Waals surface area contributed by atoms with Gasteiger partial charge in [0.2, 0.25) is 5.91 Å². The van der Waals surface area contributed by atoms with Crippen LogP contribution in [0.2, 0.25) is 0 Å². The summed E-state index contributed by atoms with van der Waals surface area (Å²) in [6, 6.07) is 8.00. The number of amides is 1. The molecule has 1 N–H and O–H groups in total. The fraction of sp³-hybridized carbons (Fsp3) is 0.417. The first-order valence-electron chi connectivity index (χ1n) is 5.19. The van der Waals surface area contributed by atoms with Gasteiger partial charge in [-0.05, 0) is 25.0 Å². The molecule has 0 radical (unpaired) electrons. The summed E-state index contributed by atoms with van der Waals surface area (Å²) in [4.78, 5) is 11.4. The molecule has 0 saturated carbocycles. The largest absolute Gasteiger partial charge is 0.350 e. The SMILES string of the molecule is CCCC(=O)N[C@@H](C)c1ccccc1Br. The zero-order chi connectivity index (χ0) is 11.3. The highest BCUT2D eigenvalue weighted by molar-refractivity contribution is 9.10. The lowest BCUT2D eigenvalue weighted by molar-refractivity contribution is -0.121. The van der Waals surface area contributed by atoms with Crippen LogP contribution in [-0.4, -0.2) is 5.91 Å². The lowest BCUT2D eigenvalue weighted by atomic mass is 10.1. The molecule has 1 amide bonds. The third-order valence-electron chi connectivity index (χ3n) is 2.23. The van der Waals surface area contributed by atoms with Crippen LogP contribution in [0.5, 0.6) is 0 Å². The molecule has 0 aliphatic heterocycles. The van der Waals surface area contributed by atoms with Crippen molar-refractivity contribution in [2.75, 3.05) is 0 Å². The Morgan fingerprint density at radius 1 is 1.47 bits per heavy atom. The van der Waals surface area contributed by atoms with E-state index in [1.54, 1.807) is 0 Å². The monoisotopic (exact) mass is 269 g/mol. The first kappa shape index (κ1) is 12.2. The Bertz CT molecular complexity index is 338. The maximum absolute atomic E-state index is 11.4. The van der Waals surface area contributed by atoms with Gasteiger partial charge in [-0.25, -0.2) is 0 Å². The molecule has 1 atom stereocenters. The van der Waals surface area contributed by atoms with Gasteiger partial charge in [-0.1, -0.05) is 41.1 Å². The Kier molecular flexibility index (Phi) is 4.82. The van der Waals surface area contributed by atoms with Crippen LogP contribution in [0.3, 0.4) is 0 Å². The van der Waals surface area contributed by atoms with Crippen molar-refractivity contribution in [3.05, 3.63) is 34.3 Å². The standard InChI is InChI=1S/C12H16BrNO/c1-3-6-12(15)14-9(2)10-7-4-5-8-11(10)13/h4-5,7-9H,3,6H2,1-2H3,(H,14,15)/t9-/m0/s1. The molecule has 0 aliphatic rings. The molecule has 0 aliphatic carbocycles. The number of hydrogen-bond acceptors (Lipinski definition) is 1. The van der Waals surface area contributed by atoms with Crippen molar-refractivity contribution < 1.29 is 4.79 Å². The van der Waals surface area contributed by atoms with Crippen LogP contribution in [0, 0.1) is 0 Å². The van der Waals surface area contributed by atoms with Gasteiger partial charge in [0.1, 0.15) is 0 Å². The second-order valence-electron chi connectivity index (χ2n) is 3.56. The molecule has 3 heteroatoms. The van der Waals surface area contributed by atoms with Crippen LogP contribution in [0.1, 0.15) is 38.3 Å². The van der Waals surface area contributed by atoms with Gasteiger partial charge in [0.15, 0.2) is 0 Å². The molecule has 0 unspecified atom stereocenters. The Morgan fingerprint density at radius 3 is 2.73 bits per heavy atom. The van der Waals surface area contributed by atoms with E-state index in [0.29, 0.717) is 6.42 Å². The topological polar surface area (TPSA) is 29.1 Å². The second kappa shape index (κ2) is 5.91. The first-order valence-corrected chi connectivity index (χ1v) is 5.98. The minimum Gasteiger partial charge on any atom is -0.350 e. The van der Waals surface area contributed by atoms with E-state index in [0.717, 1.165) is 16.5 Å². The summed E-state index contributed by atoms with van der Waals surface area (Å²) < 4.78 is 1.04. The van der Waals surface area contributed by atoms with Crippen LogP contribution < -0.4 is 5.32 Å². The van der Waals surface area contributed by atoms with Crippen molar-refractivity contribution in [2.45, 2.75) is 32.7 Å². The second-order valence-corrected chi connectivity index (χ2v) is 4.42. The number of halogens is 1. The predicted molar refractivity (Wildman–Crippen MR) is 65.6 cm³/mol. The van der Waals surface area contributed by atoms with E-state index in [2.05, 4.69) is 21.2 Å². The molecule has 0 saturated heterocycles. The molecule has 0 heterocycles. The quantitative estimate of drug-likeness (QED) is 0.892. The van der Waals surface area contributed by atoms with Gasteiger partial charge in [-0.3, -0.25) is 4.79 Å². The summed E-state index contributed by atoms with van der Waals surface area (Å²) >= 11 is 3.47. The van der Waals surface area contributed by atoms with Crippen molar-refractivity contribution in [3.8, 4) is 0 Å². The molecular weight excluding hydrogens is 254 g/mol. The summed E-state index contributed by atoms with van der Waals surface area (Å²) in [5.74, 6) is 0.112. The summed E-state index contributed by atoms with van der Waals surface area (Å²) in [6.45, 7) is 4.00. The van der Waals surface area contributed by atoms with E-state index in [9.17, 15) is 4.79 Å². The van der Waals surface area contributed by atoms with Crippen LogP contribution in [0.25, 0.3) is 0 Å². The summed E-state index contributed by atoms with van der Waals surface area (Å²) in [5.41, 5.74) is 1.11. The van der Waals surface area contributed by atoms with Crippen molar-refractivity contribution in [1.29, 1.82) is 0 Å². The molecule has 0 spiro atoms. The Hall–Kier alpha value is -0.830. The molecular formula is C12H16BrNO. The highest BCUT2D eigenvalue weighted by Gasteiger charge is 2.10. The molecule has 0 fully saturated rings. The van der Waals surface area contributed by atoms with Gasteiger partial charge in [-0.2, -0.15) is 0 Å². The first-order chi connectivity index (χ1) is 7.15. The highest BCUT2D eigenvalue weighted by Crippen LogP contribution is 2.22. The fourth-order valence-electron chi connectivity index (χ4n) is 1.44. The Labute approximate surface area is 99.2 Å². The van der Waals surface area contributed by atoms with Gasteiger partial charge in [0, 0.05) is 10.9 Å². The number of carbonyl (C=O) groups is 1. The van der Waals surface area contributed by atoms with Gasteiger partial charge < -0.3 is 5.32 Å². The van der Waals surface area contributed by atoms with Crippen LogP contribution in [0.4, 0.5) is 0 Å².